The highest BCUT2D eigenvalue weighted by Gasteiger charge is 2.12. The van der Waals surface area contributed by atoms with Crippen molar-refractivity contribution in [2.75, 3.05) is 5.75 Å². The fraction of sp³-hybridized carbons (Fsp3) is 0.786. The van der Waals surface area contributed by atoms with Gasteiger partial charge in [0, 0.05) is 13.0 Å². The molecule has 0 radical (unpaired) electrons. The highest BCUT2D eigenvalue weighted by molar-refractivity contribution is 7.99. The molecule has 1 aromatic heterocycles. The summed E-state index contributed by atoms with van der Waals surface area (Å²) in [5.41, 5.74) is 0. The molecule has 1 aromatic rings. The van der Waals surface area contributed by atoms with E-state index in [2.05, 4.69) is 28.6 Å². The summed E-state index contributed by atoms with van der Waals surface area (Å²) in [6.07, 6.45) is 8.12. The quantitative estimate of drug-likeness (QED) is 0.501. The first-order valence-corrected chi connectivity index (χ1v) is 8.44. The van der Waals surface area contributed by atoms with Gasteiger partial charge in [-0.15, -0.1) is 10.2 Å². The number of aromatic nitrogens is 3. The first-order valence-electron chi connectivity index (χ1n) is 7.45. The Hall–Kier alpha value is -1.04. The minimum absolute atomic E-state index is 0.0400. The van der Waals surface area contributed by atoms with Gasteiger partial charge in [0.15, 0.2) is 5.16 Å². The number of aryl methyl sites for hydroxylation is 1. The predicted molar refractivity (Wildman–Crippen MR) is 81.1 cm³/mol. The summed E-state index contributed by atoms with van der Waals surface area (Å²) in [4.78, 5) is 10.6. The Bertz CT molecular complexity index is 407. The van der Waals surface area contributed by atoms with Crippen molar-refractivity contribution in [2.24, 2.45) is 0 Å². The zero-order valence-corrected chi connectivity index (χ0v) is 13.3. The van der Waals surface area contributed by atoms with Crippen LogP contribution in [-0.2, 0) is 17.8 Å². The van der Waals surface area contributed by atoms with Gasteiger partial charge in [0.05, 0.1) is 5.75 Å². The molecule has 114 valence electrons. The number of rotatable bonds is 11. The summed E-state index contributed by atoms with van der Waals surface area (Å²) in [5, 5.41) is 17.8. The second kappa shape index (κ2) is 9.80. The van der Waals surface area contributed by atoms with Gasteiger partial charge >= 0.3 is 5.97 Å². The average Bonchev–Trinajstić information content (AvgIpc) is 2.79. The van der Waals surface area contributed by atoms with Gasteiger partial charge in [-0.05, 0) is 12.8 Å². The number of aliphatic carboxylic acids is 1. The molecular formula is C14H25N3O2S. The van der Waals surface area contributed by atoms with Crippen molar-refractivity contribution in [1.29, 1.82) is 0 Å². The maximum Gasteiger partial charge on any atom is 0.313 e. The molecule has 0 amide bonds. The van der Waals surface area contributed by atoms with Gasteiger partial charge < -0.3 is 9.67 Å². The van der Waals surface area contributed by atoms with Gasteiger partial charge in [0.1, 0.15) is 5.82 Å². The predicted octanol–water partition coefficient (Wildman–Crippen LogP) is 3.38. The third-order valence-electron chi connectivity index (χ3n) is 3.07. The van der Waals surface area contributed by atoms with Crippen LogP contribution >= 0.6 is 11.8 Å². The zero-order chi connectivity index (χ0) is 14.8. The number of nitrogens with zero attached hydrogens (tertiary/aromatic N) is 3. The number of carboxylic acid groups (broad SMARTS) is 1. The molecule has 0 fully saturated rings. The molecule has 0 aliphatic heterocycles. The van der Waals surface area contributed by atoms with Gasteiger partial charge in [-0.2, -0.15) is 0 Å². The minimum atomic E-state index is -0.817. The molecule has 0 spiro atoms. The fourth-order valence-corrected chi connectivity index (χ4v) is 2.78. The van der Waals surface area contributed by atoms with E-state index in [1.807, 2.05) is 0 Å². The fourth-order valence-electron chi connectivity index (χ4n) is 2.07. The van der Waals surface area contributed by atoms with Crippen LogP contribution in [0.4, 0.5) is 0 Å². The molecule has 1 N–H and O–H groups in total. The molecular weight excluding hydrogens is 274 g/mol. The molecule has 6 heteroatoms. The first-order chi connectivity index (χ1) is 9.69. The van der Waals surface area contributed by atoms with E-state index in [1.54, 1.807) is 0 Å². The molecule has 5 nitrogen and oxygen atoms in total. The lowest BCUT2D eigenvalue weighted by atomic mass is 10.1. The van der Waals surface area contributed by atoms with Crippen LogP contribution in [-0.4, -0.2) is 31.6 Å². The molecule has 1 heterocycles. The van der Waals surface area contributed by atoms with E-state index in [-0.39, 0.29) is 5.75 Å². The Balaban J connectivity index is 2.54. The van der Waals surface area contributed by atoms with E-state index in [4.69, 9.17) is 5.11 Å². The number of carboxylic acids is 1. The Morgan fingerprint density at radius 3 is 2.55 bits per heavy atom. The van der Waals surface area contributed by atoms with Gasteiger partial charge in [0.2, 0.25) is 0 Å². The van der Waals surface area contributed by atoms with Crippen LogP contribution in [0.25, 0.3) is 0 Å². The van der Waals surface area contributed by atoms with Crippen LogP contribution in [0.2, 0.25) is 0 Å². The maximum absolute atomic E-state index is 10.6. The van der Waals surface area contributed by atoms with Crippen LogP contribution < -0.4 is 0 Å². The number of thioether (sulfide) groups is 1. The molecule has 0 saturated heterocycles. The highest BCUT2D eigenvalue weighted by Crippen LogP contribution is 2.18. The van der Waals surface area contributed by atoms with Crippen LogP contribution in [0, 0.1) is 0 Å². The van der Waals surface area contributed by atoms with Crippen molar-refractivity contribution in [2.45, 2.75) is 70.5 Å². The second-order valence-electron chi connectivity index (χ2n) is 4.90. The standard InChI is InChI=1S/C14H25N3O2S/c1-3-5-6-7-8-9-12-15-16-14(17(12)10-4-2)20-11-13(18)19/h3-11H2,1-2H3,(H,18,19). The van der Waals surface area contributed by atoms with E-state index < -0.39 is 5.97 Å². The summed E-state index contributed by atoms with van der Waals surface area (Å²) >= 11 is 1.25. The van der Waals surface area contributed by atoms with Crippen molar-refractivity contribution < 1.29 is 9.90 Å². The van der Waals surface area contributed by atoms with E-state index in [0.717, 1.165) is 36.8 Å². The Kier molecular flexibility index (Phi) is 8.34. The number of hydrogen-bond acceptors (Lipinski definition) is 4. The number of unbranched alkanes of at least 4 members (excludes halogenated alkanes) is 4. The van der Waals surface area contributed by atoms with Gasteiger partial charge in [-0.3, -0.25) is 4.79 Å². The first kappa shape index (κ1) is 17.0. The van der Waals surface area contributed by atoms with Crippen molar-refractivity contribution >= 4 is 17.7 Å². The summed E-state index contributed by atoms with van der Waals surface area (Å²) in [7, 11) is 0. The largest absolute Gasteiger partial charge is 0.481 e. The van der Waals surface area contributed by atoms with Gasteiger partial charge in [0.25, 0.3) is 0 Å². The molecule has 0 bridgehead atoms. The normalized spacial score (nSPS) is 10.9. The van der Waals surface area contributed by atoms with E-state index >= 15 is 0 Å². The van der Waals surface area contributed by atoms with Gasteiger partial charge in [-0.1, -0.05) is 51.3 Å². The molecule has 1 rings (SSSR count). The molecule has 0 saturated carbocycles. The molecule has 0 aliphatic carbocycles. The third-order valence-corrected chi connectivity index (χ3v) is 4.02. The highest BCUT2D eigenvalue weighted by atomic mass is 32.2. The summed E-state index contributed by atoms with van der Waals surface area (Å²) in [6, 6.07) is 0. The van der Waals surface area contributed by atoms with Crippen LogP contribution in [0.3, 0.4) is 0 Å². The maximum atomic E-state index is 10.6. The summed E-state index contributed by atoms with van der Waals surface area (Å²) in [6.45, 7) is 5.18. The Morgan fingerprint density at radius 2 is 1.90 bits per heavy atom. The smallest absolute Gasteiger partial charge is 0.313 e. The number of hydrogen-bond donors (Lipinski definition) is 1. The molecule has 0 unspecified atom stereocenters. The average molecular weight is 299 g/mol. The van der Waals surface area contributed by atoms with Crippen molar-refractivity contribution in [1.82, 2.24) is 14.8 Å². The monoisotopic (exact) mass is 299 g/mol. The summed E-state index contributed by atoms with van der Waals surface area (Å²) in [5.74, 6) is 0.219. The molecule has 0 aromatic carbocycles. The van der Waals surface area contributed by atoms with Gasteiger partial charge in [-0.25, -0.2) is 0 Å². The van der Waals surface area contributed by atoms with Crippen LogP contribution in [0.5, 0.6) is 0 Å². The lowest BCUT2D eigenvalue weighted by Crippen LogP contribution is -2.06. The third kappa shape index (κ3) is 5.94. The Labute approximate surface area is 125 Å². The van der Waals surface area contributed by atoms with E-state index in [9.17, 15) is 4.79 Å². The minimum Gasteiger partial charge on any atom is -0.481 e. The van der Waals surface area contributed by atoms with E-state index in [0.29, 0.717) is 0 Å². The second-order valence-corrected chi connectivity index (χ2v) is 5.84. The lowest BCUT2D eigenvalue weighted by molar-refractivity contribution is -0.133. The number of carbonyl (C=O) groups is 1. The van der Waals surface area contributed by atoms with E-state index in [1.165, 1.54) is 37.4 Å². The SMILES string of the molecule is CCCCCCCc1nnc(SCC(=O)O)n1CCC. The molecule has 0 atom stereocenters. The zero-order valence-electron chi connectivity index (χ0n) is 12.5. The van der Waals surface area contributed by atoms with Crippen molar-refractivity contribution in [3.05, 3.63) is 5.82 Å². The van der Waals surface area contributed by atoms with Crippen LogP contribution in [0.15, 0.2) is 5.16 Å². The lowest BCUT2D eigenvalue weighted by Gasteiger charge is -2.08. The topological polar surface area (TPSA) is 68.0 Å². The summed E-state index contributed by atoms with van der Waals surface area (Å²) < 4.78 is 2.08. The van der Waals surface area contributed by atoms with Crippen LogP contribution in [0.1, 0.15) is 58.2 Å². The molecule has 0 aliphatic rings. The molecule has 20 heavy (non-hydrogen) atoms. The van der Waals surface area contributed by atoms with Crippen molar-refractivity contribution in [3.63, 3.8) is 0 Å². The van der Waals surface area contributed by atoms with Crippen molar-refractivity contribution in [3.8, 4) is 0 Å². The Morgan fingerprint density at radius 1 is 1.15 bits per heavy atom.